The van der Waals surface area contributed by atoms with Crippen LogP contribution in [0.5, 0.6) is 0 Å². The van der Waals surface area contributed by atoms with E-state index in [4.69, 9.17) is 4.74 Å². The van der Waals surface area contributed by atoms with Crippen molar-refractivity contribution >= 4 is 28.0 Å². The average Bonchev–Trinajstić information content (AvgIpc) is 2.53. The lowest BCUT2D eigenvalue weighted by atomic mass is 10.6. The first-order valence-corrected chi connectivity index (χ1v) is 4.48. The highest BCUT2D eigenvalue weighted by molar-refractivity contribution is 9.10. The highest BCUT2D eigenvalue weighted by Crippen LogP contribution is 2.14. The molecule has 1 aliphatic rings. The number of cyclic esters (lactones) is 1. The van der Waals surface area contributed by atoms with E-state index in [1.54, 1.807) is 12.4 Å². The minimum Gasteiger partial charge on any atom is -0.447 e. The van der Waals surface area contributed by atoms with Crippen molar-refractivity contribution in [3.05, 3.63) is 16.9 Å². The van der Waals surface area contributed by atoms with Crippen LogP contribution in [0.2, 0.25) is 0 Å². The van der Waals surface area contributed by atoms with Gasteiger partial charge in [0.15, 0.2) is 0 Å². The van der Waals surface area contributed by atoms with E-state index in [9.17, 15) is 4.79 Å². The molecule has 0 aliphatic carbocycles. The molecule has 0 aromatic carbocycles. The summed E-state index contributed by atoms with van der Waals surface area (Å²) in [6.07, 6.45) is 2.80. The summed E-state index contributed by atoms with van der Waals surface area (Å²) >= 11 is 3.21. The summed E-state index contributed by atoms with van der Waals surface area (Å²) in [6, 6.07) is 0. The van der Waals surface area contributed by atoms with Crippen LogP contribution in [0, 0.1) is 0 Å². The van der Waals surface area contributed by atoms with E-state index >= 15 is 0 Å². The third-order valence-corrected chi connectivity index (χ3v) is 2.02. The Hall–Kier alpha value is -1.17. The van der Waals surface area contributed by atoms with Crippen LogP contribution in [-0.4, -0.2) is 29.2 Å². The summed E-state index contributed by atoms with van der Waals surface area (Å²) in [7, 11) is 0. The first kappa shape index (κ1) is 8.43. The molecule has 0 N–H and O–H groups in total. The molecule has 5 nitrogen and oxygen atoms in total. The van der Waals surface area contributed by atoms with Gasteiger partial charge in [-0.15, -0.1) is 0 Å². The second-order valence-electron chi connectivity index (χ2n) is 2.47. The van der Waals surface area contributed by atoms with E-state index in [0.717, 1.165) is 4.47 Å². The zero-order valence-corrected chi connectivity index (χ0v) is 8.19. The molecule has 68 valence electrons. The largest absolute Gasteiger partial charge is 0.447 e. The number of anilines is 1. The molecule has 1 fully saturated rings. The van der Waals surface area contributed by atoms with Gasteiger partial charge >= 0.3 is 6.09 Å². The maximum atomic E-state index is 11.1. The number of rotatable bonds is 1. The Bertz CT molecular complexity index is 327. The number of carbonyl (C=O) groups excluding carboxylic acids is 1. The lowest BCUT2D eigenvalue weighted by Gasteiger charge is -2.08. The number of aromatic nitrogens is 2. The minimum absolute atomic E-state index is 0.380. The molecule has 0 unspecified atom stereocenters. The Morgan fingerprint density at radius 2 is 2.15 bits per heavy atom. The van der Waals surface area contributed by atoms with E-state index in [1.165, 1.54) is 4.90 Å². The van der Waals surface area contributed by atoms with Gasteiger partial charge in [0.1, 0.15) is 6.61 Å². The first-order valence-electron chi connectivity index (χ1n) is 3.69. The van der Waals surface area contributed by atoms with Crippen molar-refractivity contribution in [1.82, 2.24) is 9.97 Å². The normalized spacial score (nSPS) is 16.1. The van der Waals surface area contributed by atoms with Crippen LogP contribution in [0.4, 0.5) is 10.7 Å². The Morgan fingerprint density at radius 3 is 2.69 bits per heavy atom. The molecule has 6 heteroatoms. The van der Waals surface area contributed by atoms with E-state index in [-0.39, 0.29) is 6.09 Å². The van der Waals surface area contributed by atoms with Gasteiger partial charge in [-0.3, -0.25) is 0 Å². The smallest absolute Gasteiger partial charge is 0.416 e. The molecular weight excluding hydrogens is 238 g/mol. The van der Waals surface area contributed by atoms with Crippen molar-refractivity contribution in [3.63, 3.8) is 0 Å². The van der Waals surface area contributed by atoms with E-state index in [0.29, 0.717) is 19.1 Å². The van der Waals surface area contributed by atoms with Gasteiger partial charge in [0.05, 0.1) is 11.0 Å². The van der Waals surface area contributed by atoms with Gasteiger partial charge in [0.25, 0.3) is 0 Å². The topological polar surface area (TPSA) is 55.3 Å². The molecule has 0 bridgehead atoms. The van der Waals surface area contributed by atoms with E-state index in [2.05, 4.69) is 25.9 Å². The van der Waals surface area contributed by atoms with Crippen molar-refractivity contribution in [1.29, 1.82) is 0 Å². The molecule has 0 radical (unpaired) electrons. The summed E-state index contributed by atoms with van der Waals surface area (Å²) < 4.78 is 5.53. The predicted molar refractivity (Wildman–Crippen MR) is 48.4 cm³/mol. The second-order valence-corrected chi connectivity index (χ2v) is 3.38. The summed E-state index contributed by atoms with van der Waals surface area (Å²) in [4.78, 5) is 20.4. The maximum Gasteiger partial charge on any atom is 0.416 e. The molecule has 0 saturated carbocycles. The minimum atomic E-state index is -0.387. The van der Waals surface area contributed by atoms with Gasteiger partial charge in [-0.25, -0.2) is 19.7 Å². The van der Waals surface area contributed by atoms with Crippen LogP contribution in [-0.2, 0) is 4.74 Å². The van der Waals surface area contributed by atoms with Gasteiger partial charge in [0, 0.05) is 12.4 Å². The average molecular weight is 244 g/mol. The molecule has 1 aliphatic heterocycles. The standard InChI is InChI=1S/C7H6BrN3O2/c8-5-3-9-6(10-4-5)11-1-2-13-7(11)12/h3-4H,1-2H2. The second kappa shape index (κ2) is 3.29. The Kier molecular flexibility index (Phi) is 2.13. The number of ether oxygens (including phenoxy) is 1. The SMILES string of the molecule is O=C1OCCN1c1ncc(Br)cn1. The molecule has 0 spiro atoms. The number of nitrogens with zero attached hydrogens (tertiary/aromatic N) is 3. The number of hydrogen-bond acceptors (Lipinski definition) is 4. The first-order chi connectivity index (χ1) is 6.27. The molecule has 1 amide bonds. The van der Waals surface area contributed by atoms with Crippen molar-refractivity contribution < 1.29 is 9.53 Å². The number of carbonyl (C=O) groups is 1. The fourth-order valence-electron chi connectivity index (χ4n) is 1.02. The molecule has 2 rings (SSSR count). The van der Waals surface area contributed by atoms with Gasteiger partial charge in [-0.1, -0.05) is 0 Å². The van der Waals surface area contributed by atoms with Crippen molar-refractivity contribution in [2.75, 3.05) is 18.1 Å². The summed E-state index contributed by atoms with van der Waals surface area (Å²) in [6.45, 7) is 0.915. The molecule has 2 heterocycles. The quantitative estimate of drug-likeness (QED) is 0.744. The zero-order valence-electron chi connectivity index (χ0n) is 6.61. The molecule has 0 atom stereocenters. The van der Waals surface area contributed by atoms with Gasteiger partial charge in [0.2, 0.25) is 5.95 Å². The van der Waals surface area contributed by atoms with Crippen LogP contribution < -0.4 is 4.90 Å². The predicted octanol–water partition coefficient (Wildman–Crippen LogP) is 1.20. The maximum absolute atomic E-state index is 11.1. The van der Waals surface area contributed by atoms with E-state index in [1.807, 2.05) is 0 Å². The number of halogens is 1. The van der Waals surface area contributed by atoms with Crippen molar-refractivity contribution in [2.45, 2.75) is 0 Å². The van der Waals surface area contributed by atoms with Crippen LogP contribution >= 0.6 is 15.9 Å². The van der Waals surface area contributed by atoms with Crippen LogP contribution in [0.3, 0.4) is 0 Å². The molecular formula is C7H6BrN3O2. The third-order valence-electron chi connectivity index (χ3n) is 1.61. The highest BCUT2D eigenvalue weighted by Gasteiger charge is 2.25. The summed E-state index contributed by atoms with van der Waals surface area (Å²) in [5.74, 6) is 0.380. The number of amides is 1. The fourth-order valence-corrected chi connectivity index (χ4v) is 1.22. The van der Waals surface area contributed by atoms with Gasteiger partial charge in [-0.05, 0) is 15.9 Å². The lowest BCUT2D eigenvalue weighted by molar-refractivity contribution is 0.181. The fraction of sp³-hybridized carbons (Fsp3) is 0.286. The van der Waals surface area contributed by atoms with Crippen molar-refractivity contribution in [3.8, 4) is 0 Å². The Labute approximate surface area is 82.9 Å². The number of hydrogen-bond donors (Lipinski definition) is 0. The van der Waals surface area contributed by atoms with Crippen LogP contribution in [0.25, 0.3) is 0 Å². The zero-order chi connectivity index (χ0) is 9.26. The van der Waals surface area contributed by atoms with Crippen LogP contribution in [0.15, 0.2) is 16.9 Å². The Balaban J connectivity index is 2.25. The monoisotopic (exact) mass is 243 g/mol. The summed E-state index contributed by atoms with van der Waals surface area (Å²) in [5.41, 5.74) is 0. The van der Waals surface area contributed by atoms with Gasteiger partial charge in [-0.2, -0.15) is 0 Å². The Morgan fingerprint density at radius 1 is 1.46 bits per heavy atom. The van der Waals surface area contributed by atoms with Crippen molar-refractivity contribution in [2.24, 2.45) is 0 Å². The molecule has 1 aromatic rings. The molecule has 13 heavy (non-hydrogen) atoms. The highest BCUT2D eigenvalue weighted by atomic mass is 79.9. The lowest BCUT2D eigenvalue weighted by Crippen LogP contribution is -2.25. The molecule has 1 saturated heterocycles. The third kappa shape index (κ3) is 1.62. The summed E-state index contributed by atoms with van der Waals surface area (Å²) in [5, 5.41) is 0. The van der Waals surface area contributed by atoms with Crippen LogP contribution in [0.1, 0.15) is 0 Å². The van der Waals surface area contributed by atoms with Gasteiger partial charge < -0.3 is 4.74 Å². The van der Waals surface area contributed by atoms with E-state index < -0.39 is 0 Å². The molecule has 1 aromatic heterocycles.